The molecule has 2 aromatic rings. The molecule has 1 aliphatic heterocycles. The van der Waals surface area contributed by atoms with Gasteiger partial charge in [0.2, 0.25) is 0 Å². The zero-order valence-corrected chi connectivity index (χ0v) is 16.4. The van der Waals surface area contributed by atoms with Gasteiger partial charge < -0.3 is 15.5 Å². The van der Waals surface area contributed by atoms with Gasteiger partial charge >= 0.3 is 11.8 Å². The molecule has 0 aliphatic carbocycles. The number of carbonyl (C=O) groups is 2. The molecule has 1 aliphatic rings. The van der Waals surface area contributed by atoms with Crippen LogP contribution in [-0.4, -0.2) is 66.4 Å². The van der Waals surface area contributed by atoms with Gasteiger partial charge in [0, 0.05) is 50.8 Å². The zero-order valence-electron chi connectivity index (χ0n) is 16.4. The van der Waals surface area contributed by atoms with Crippen molar-refractivity contribution in [2.24, 2.45) is 0 Å². The van der Waals surface area contributed by atoms with Crippen LogP contribution in [0.25, 0.3) is 0 Å². The van der Waals surface area contributed by atoms with Crippen LogP contribution in [0.5, 0.6) is 0 Å². The number of benzene rings is 1. The number of aryl methyl sites for hydroxylation is 1. The van der Waals surface area contributed by atoms with Crippen molar-refractivity contribution in [1.82, 2.24) is 20.1 Å². The molecule has 2 heterocycles. The molecule has 0 radical (unpaired) electrons. The molecular formula is C21H27N5O2. The van der Waals surface area contributed by atoms with Crippen molar-refractivity contribution in [2.75, 3.05) is 45.1 Å². The second kappa shape index (κ2) is 9.43. The SMILES string of the molecule is Cc1ccc(NC(=O)C(=O)NC[C@H](c2cccnc2)N2CCN(C)CC2)cc1. The summed E-state index contributed by atoms with van der Waals surface area (Å²) in [7, 11) is 2.10. The first-order valence-corrected chi connectivity index (χ1v) is 9.51. The summed E-state index contributed by atoms with van der Waals surface area (Å²) in [6, 6.07) is 11.2. The third kappa shape index (κ3) is 5.37. The molecule has 1 fully saturated rings. The van der Waals surface area contributed by atoms with Gasteiger partial charge in [-0.1, -0.05) is 23.8 Å². The van der Waals surface area contributed by atoms with E-state index in [1.807, 2.05) is 37.4 Å². The van der Waals surface area contributed by atoms with Gasteiger partial charge in [-0.3, -0.25) is 19.5 Å². The minimum Gasteiger partial charge on any atom is -0.346 e. The summed E-state index contributed by atoms with van der Waals surface area (Å²) in [5.41, 5.74) is 2.73. The first kappa shape index (κ1) is 20.0. The maximum absolute atomic E-state index is 12.3. The molecule has 0 bridgehead atoms. The van der Waals surface area contributed by atoms with Gasteiger partial charge in [0.25, 0.3) is 0 Å². The summed E-state index contributed by atoms with van der Waals surface area (Å²) in [6.45, 7) is 6.07. The number of aromatic nitrogens is 1. The van der Waals surface area contributed by atoms with Crippen molar-refractivity contribution in [3.05, 3.63) is 59.9 Å². The quantitative estimate of drug-likeness (QED) is 0.767. The predicted octanol–water partition coefficient (Wildman–Crippen LogP) is 1.43. The molecule has 1 atom stereocenters. The number of nitrogens with one attached hydrogen (secondary N) is 2. The van der Waals surface area contributed by atoms with E-state index in [2.05, 4.69) is 32.5 Å². The summed E-state index contributed by atoms with van der Waals surface area (Å²) < 4.78 is 0. The van der Waals surface area contributed by atoms with Crippen LogP contribution in [0.2, 0.25) is 0 Å². The second-order valence-corrected chi connectivity index (χ2v) is 7.17. The van der Waals surface area contributed by atoms with Gasteiger partial charge in [-0.25, -0.2) is 0 Å². The molecule has 1 saturated heterocycles. The van der Waals surface area contributed by atoms with Gasteiger partial charge in [-0.05, 0) is 37.7 Å². The average molecular weight is 381 g/mol. The van der Waals surface area contributed by atoms with Crippen molar-refractivity contribution in [2.45, 2.75) is 13.0 Å². The van der Waals surface area contributed by atoms with E-state index >= 15 is 0 Å². The molecule has 0 saturated carbocycles. The minimum atomic E-state index is -0.660. The number of amides is 2. The largest absolute Gasteiger partial charge is 0.346 e. The fourth-order valence-corrected chi connectivity index (χ4v) is 3.26. The second-order valence-electron chi connectivity index (χ2n) is 7.17. The van der Waals surface area contributed by atoms with Crippen LogP contribution in [-0.2, 0) is 9.59 Å². The molecule has 7 heteroatoms. The van der Waals surface area contributed by atoms with Crippen LogP contribution in [0.1, 0.15) is 17.2 Å². The number of piperazine rings is 1. The lowest BCUT2D eigenvalue weighted by Crippen LogP contribution is -2.49. The summed E-state index contributed by atoms with van der Waals surface area (Å²) in [5.74, 6) is -1.30. The molecule has 0 unspecified atom stereocenters. The van der Waals surface area contributed by atoms with Crippen molar-refractivity contribution in [1.29, 1.82) is 0 Å². The Morgan fingerprint density at radius 3 is 2.43 bits per heavy atom. The van der Waals surface area contributed by atoms with Crippen LogP contribution in [0, 0.1) is 6.92 Å². The number of nitrogens with zero attached hydrogens (tertiary/aromatic N) is 3. The number of pyridine rings is 1. The highest BCUT2D eigenvalue weighted by Gasteiger charge is 2.25. The smallest absolute Gasteiger partial charge is 0.313 e. The van der Waals surface area contributed by atoms with E-state index in [1.54, 1.807) is 18.3 Å². The van der Waals surface area contributed by atoms with E-state index in [-0.39, 0.29) is 6.04 Å². The first-order chi connectivity index (χ1) is 13.5. The molecule has 148 valence electrons. The Hall–Kier alpha value is -2.77. The van der Waals surface area contributed by atoms with E-state index in [9.17, 15) is 9.59 Å². The van der Waals surface area contributed by atoms with E-state index in [4.69, 9.17) is 0 Å². The van der Waals surface area contributed by atoms with Crippen LogP contribution in [0.15, 0.2) is 48.8 Å². The standard InChI is InChI=1S/C21H27N5O2/c1-16-5-7-18(8-6-16)24-21(28)20(27)23-15-19(17-4-3-9-22-14-17)26-12-10-25(2)11-13-26/h3-9,14,19H,10-13,15H2,1-2H3,(H,23,27)(H,24,28)/t19-/m1/s1. The average Bonchev–Trinajstić information content (AvgIpc) is 2.71. The maximum Gasteiger partial charge on any atom is 0.313 e. The lowest BCUT2D eigenvalue weighted by atomic mass is 10.1. The fraction of sp³-hybridized carbons (Fsp3) is 0.381. The van der Waals surface area contributed by atoms with E-state index in [1.165, 1.54) is 0 Å². The highest BCUT2D eigenvalue weighted by atomic mass is 16.2. The van der Waals surface area contributed by atoms with Gasteiger partial charge in [0.05, 0.1) is 6.04 Å². The lowest BCUT2D eigenvalue weighted by Gasteiger charge is -2.38. The predicted molar refractivity (Wildman–Crippen MR) is 109 cm³/mol. The Labute approximate surface area is 165 Å². The van der Waals surface area contributed by atoms with Gasteiger partial charge in [0.15, 0.2) is 0 Å². The van der Waals surface area contributed by atoms with Crippen molar-refractivity contribution in [3.8, 4) is 0 Å². The van der Waals surface area contributed by atoms with Crippen molar-refractivity contribution in [3.63, 3.8) is 0 Å². The summed E-state index contributed by atoms with van der Waals surface area (Å²) in [5, 5.41) is 5.42. The summed E-state index contributed by atoms with van der Waals surface area (Å²) >= 11 is 0. The monoisotopic (exact) mass is 381 g/mol. The molecule has 3 rings (SSSR count). The molecule has 1 aromatic carbocycles. The van der Waals surface area contributed by atoms with Crippen molar-refractivity contribution >= 4 is 17.5 Å². The lowest BCUT2D eigenvalue weighted by molar-refractivity contribution is -0.136. The fourth-order valence-electron chi connectivity index (χ4n) is 3.26. The molecule has 1 aromatic heterocycles. The summed E-state index contributed by atoms with van der Waals surface area (Å²) in [4.78, 5) is 33.4. The number of rotatable bonds is 5. The van der Waals surface area contributed by atoms with Crippen LogP contribution < -0.4 is 10.6 Å². The van der Waals surface area contributed by atoms with Crippen LogP contribution in [0.4, 0.5) is 5.69 Å². The number of carbonyl (C=O) groups excluding carboxylic acids is 2. The van der Waals surface area contributed by atoms with E-state index in [0.29, 0.717) is 12.2 Å². The molecule has 0 spiro atoms. The van der Waals surface area contributed by atoms with Crippen LogP contribution >= 0.6 is 0 Å². The summed E-state index contributed by atoms with van der Waals surface area (Å²) in [6.07, 6.45) is 3.56. The normalized spacial score (nSPS) is 16.4. The molecule has 2 N–H and O–H groups in total. The number of anilines is 1. The Morgan fingerprint density at radius 2 is 1.79 bits per heavy atom. The minimum absolute atomic E-state index is 0.0153. The Bertz CT molecular complexity index is 786. The first-order valence-electron chi connectivity index (χ1n) is 9.51. The third-order valence-corrected chi connectivity index (χ3v) is 5.02. The van der Waals surface area contributed by atoms with Gasteiger partial charge in [0.1, 0.15) is 0 Å². The number of hydrogen-bond acceptors (Lipinski definition) is 5. The van der Waals surface area contributed by atoms with Crippen molar-refractivity contribution < 1.29 is 9.59 Å². The molecule has 2 amide bonds. The number of likely N-dealkylation sites (N-methyl/N-ethyl adjacent to an activating group) is 1. The Balaban J connectivity index is 1.61. The highest BCUT2D eigenvalue weighted by Crippen LogP contribution is 2.20. The maximum atomic E-state index is 12.3. The van der Waals surface area contributed by atoms with E-state index < -0.39 is 11.8 Å². The van der Waals surface area contributed by atoms with E-state index in [0.717, 1.165) is 37.3 Å². The molecule has 7 nitrogen and oxygen atoms in total. The van der Waals surface area contributed by atoms with Crippen LogP contribution in [0.3, 0.4) is 0 Å². The Kier molecular flexibility index (Phi) is 6.73. The number of hydrogen-bond donors (Lipinski definition) is 2. The third-order valence-electron chi connectivity index (χ3n) is 5.02. The molecular weight excluding hydrogens is 354 g/mol. The zero-order chi connectivity index (χ0) is 19.9. The topological polar surface area (TPSA) is 77.6 Å². The van der Waals surface area contributed by atoms with Gasteiger partial charge in [-0.2, -0.15) is 0 Å². The Morgan fingerprint density at radius 1 is 1.07 bits per heavy atom. The highest BCUT2D eigenvalue weighted by molar-refractivity contribution is 6.39. The van der Waals surface area contributed by atoms with Gasteiger partial charge in [-0.15, -0.1) is 0 Å². The molecule has 28 heavy (non-hydrogen) atoms.